The van der Waals surface area contributed by atoms with Crippen LogP contribution in [0, 0.1) is 22.5 Å². The van der Waals surface area contributed by atoms with Crippen molar-refractivity contribution >= 4 is 17.4 Å². The molecule has 1 amide bonds. The zero-order valence-corrected chi connectivity index (χ0v) is 16.8. The van der Waals surface area contributed by atoms with E-state index in [1.54, 1.807) is 6.07 Å². The summed E-state index contributed by atoms with van der Waals surface area (Å²) in [4.78, 5) is 24.0. The van der Waals surface area contributed by atoms with Crippen molar-refractivity contribution in [1.29, 1.82) is 0 Å². The molecule has 0 aliphatic carbocycles. The van der Waals surface area contributed by atoms with E-state index >= 15 is 0 Å². The number of amides is 1. The fourth-order valence-corrected chi connectivity index (χ4v) is 3.41. The summed E-state index contributed by atoms with van der Waals surface area (Å²) in [6.07, 6.45) is 1.41. The maximum atomic E-state index is 11.6. The summed E-state index contributed by atoms with van der Waals surface area (Å²) in [6.45, 7) is 11.9. The summed E-state index contributed by atoms with van der Waals surface area (Å²) < 4.78 is 5.67. The molecule has 148 valence electrons. The predicted octanol–water partition coefficient (Wildman–Crippen LogP) is 4.87. The maximum absolute atomic E-state index is 11.6. The van der Waals surface area contributed by atoms with Crippen molar-refractivity contribution in [3.8, 4) is 5.75 Å². The first kappa shape index (κ1) is 20.7. The third kappa shape index (κ3) is 4.59. The molecule has 1 N–H and O–H groups in total. The van der Waals surface area contributed by atoms with Gasteiger partial charge in [-0.15, -0.1) is 0 Å². The van der Waals surface area contributed by atoms with Gasteiger partial charge in [0.05, 0.1) is 17.1 Å². The van der Waals surface area contributed by atoms with Crippen molar-refractivity contribution in [1.82, 2.24) is 4.90 Å². The fourth-order valence-electron chi connectivity index (χ4n) is 3.41. The molecule has 1 heterocycles. The number of hydrogen-bond donors (Lipinski definition) is 1. The Labute approximate surface area is 159 Å². The van der Waals surface area contributed by atoms with Crippen molar-refractivity contribution in [2.45, 2.75) is 60.1 Å². The summed E-state index contributed by atoms with van der Waals surface area (Å²) in [5, 5.41) is 20.9. The zero-order chi connectivity index (χ0) is 20.5. The summed E-state index contributed by atoms with van der Waals surface area (Å²) >= 11 is 0. The topological polar surface area (TPSA) is 92.9 Å². The lowest BCUT2D eigenvalue weighted by atomic mass is 9.80. The van der Waals surface area contributed by atoms with E-state index in [0.717, 1.165) is 16.7 Å². The van der Waals surface area contributed by atoms with Crippen LogP contribution in [0.4, 0.5) is 10.5 Å². The number of carbonyl (C=O) groups is 1. The first-order valence-electron chi connectivity index (χ1n) is 9.08. The molecule has 1 aromatic rings. The van der Waals surface area contributed by atoms with Crippen molar-refractivity contribution in [2.24, 2.45) is 5.41 Å². The molecule has 0 spiro atoms. The third-order valence-electron chi connectivity index (χ3n) is 4.66. The van der Waals surface area contributed by atoms with Crippen molar-refractivity contribution in [3.05, 3.63) is 39.4 Å². The molecule has 7 heteroatoms. The van der Waals surface area contributed by atoms with Gasteiger partial charge in [0.15, 0.2) is 5.75 Å². The SMILES string of the molecule is Cc1cc([N+](=O)[O-])c(OC(C)C)cc1C1=CC(C(C)(C)C)N(C(=O)O)CC1. The van der Waals surface area contributed by atoms with Crippen molar-refractivity contribution in [3.63, 3.8) is 0 Å². The van der Waals surface area contributed by atoms with Gasteiger partial charge in [0.2, 0.25) is 0 Å². The van der Waals surface area contributed by atoms with Crippen LogP contribution in [0.5, 0.6) is 5.75 Å². The van der Waals surface area contributed by atoms with Gasteiger partial charge < -0.3 is 14.7 Å². The number of nitro groups is 1. The normalized spacial score (nSPS) is 17.7. The lowest BCUT2D eigenvalue weighted by molar-refractivity contribution is -0.386. The van der Waals surface area contributed by atoms with Gasteiger partial charge >= 0.3 is 11.8 Å². The number of carboxylic acid groups (broad SMARTS) is 1. The zero-order valence-electron chi connectivity index (χ0n) is 16.8. The van der Waals surface area contributed by atoms with E-state index in [1.807, 2.05) is 47.6 Å². The van der Waals surface area contributed by atoms with Gasteiger partial charge in [0, 0.05) is 12.6 Å². The van der Waals surface area contributed by atoms with Gasteiger partial charge in [0.25, 0.3) is 0 Å². The lowest BCUT2D eigenvalue weighted by Gasteiger charge is -2.40. The Morgan fingerprint density at radius 2 is 2.00 bits per heavy atom. The van der Waals surface area contributed by atoms with Gasteiger partial charge in [-0.25, -0.2) is 4.79 Å². The molecular weight excluding hydrogens is 348 g/mol. The molecule has 1 aromatic carbocycles. The predicted molar refractivity (Wildman–Crippen MR) is 104 cm³/mol. The van der Waals surface area contributed by atoms with Crippen LogP contribution in [0.1, 0.15) is 52.2 Å². The Morgan fingerprint density at radius 3 is 2.48 bits per heavy atom. The van der Waals surface area contributed by atoms with Crippen molar-refractivity contribution < 1.29 is 19.6 Å². The molecule has 0 radical (unpaired) electrons. The average molecular weight is 376 g/mol. The monoisotopic (exact) mass is 376 g/mol. The number of rotatable bonds is 4. The molecule has 0 saturated heterocycles. The molecular formula is C20H28N2O5. The van der Waals surface area contributed by atoms with Crippen LogP contribution in [0.25, 0.3) is 5.57 Å². The van der Waals surface area contributed by atoms with Crippen LogP contribution in [-0.4, -0.2) is 39.7 Å². The number of nitro benzene ring substituents is 1. The first-order valence-corrected chi connectivity index (χ1v) is 9.08. The standard InChI is InChI=1S/C20H28N2O5/c1-12(2)27-17-11-15(13(3)9-16(17)22(25)26)14-7-8-21(19(23)24)18(10-14)20(4,5)6/h9-12,18H,7-8H2,1-6H3,(H,23,24). The van der Waals surface area contributed by atoms with E-state index in [2.05, 4.69) is 0 Å². The van der Waals surface area contributed by atoms with Crippen LogP contribution < -0.4 is 4.74 Å². The minimum Gasteiger partial charge on any atom is -0.484 e. The van der Waals surface area contributed by atoms with Crippen LogP contribution >= 0.6 is 0 Å². The minimum absolute atomic E-state index is 0.0547. The molecule has 1 unspecified atom stereocenters. The quantitative estimate of drug-likeness (QED) is 0.597. The van der Waals surface area contributed by atoms with Gasteiger partial charge in [-0.2, -0.15) is 0 Å². The van der Waals surface area contributed by atoms with Crippen LogP contribution in [-0.2, 0) is 0 Å². The number of ether oxygens (including phenoxy) is 1. The molecule has 27 heavy (non-hydrogen) atoms. The molecule has 0 bridgehead atoms. The Hall–Kier alpha value is -2.57. The molecule has 1 aliphatic rings. The molecule has 1 atom stereocenters. The third-order valence-corrected chi connectivity index (χ3v) is 4.66. The van der Waals surface area contributed by atoms with E-state index in [4.69, 9.17) is 4.74 Å². The highest BCUT2D eigenvalue weighted by molar-refractivity contribution is 5.75. The maximum Gasteiger partial charge on any atom is 0.407 e. The summed E-state index contributed by atoms with van der Waals surface area (Å²) in [5.74, 6) is 0.240. The van der Waals surface area contributed by atoms with Crippen molar-refractivity contribution in [2.75, 3.05) is 6.54 Å². The Bertz CT molecular complexity index is 777. The second kappa shape index (κ2) is 7.58. The Kier molecular flexibility index (Phi) is 5.82. The summed E-state index contributed by atoms with van der Waals surface area (Å²) in [5.41, 5.74) is 2.32. The molecule has 1 aliphatic heterocycles. The number of hydrogen-bond acceptors (Lipinski definition) is 4. The van der Waals surface area contributed by atoms with E-state index < -0.39 is 11.0 Å². The first-order chi connectivity index (χ1) is 12.4. The lowest BCUT2D eigenvalue weighted by Crippen LogP contribution is -2.48. The highest BCUT2D eigenvalue weighted by Gasteiger charge is 2.35. The molecule has 2 rings (SSSR count). The van der Waals surface area contributed by atoms with Crippen LogP contribution in [0.2, 0.25) is 0 Å². The van der Waals surface area contributed by atoms with Gasteiger partial charge in [-0.05, 0) is 55.4 Å². The molecule has 0 aromatic heterocycles. The molecule has 0 fully saturated rings. The second-order valence-electron chi connectivity index (χ2n) is 8.29. The number of aryl methyl sites for hydroxylation is 1. The van der Waals surface area contributed by atoms with E-state index in [1.165, 1.54) is 11.0 Å². The molecule has 0 saturated carbocycles. The largest absolute Gasteiger partial charge is 0.484 e. The summed E-state index contributed by atoms with van der Waals surface area (Å²) in [6, 6.07) is 2.97. The van der Waals surface area contributed by atoms with Gasteiger partial charge in [-0.1, -0.05) is 26.8 Å². The Morgan fingerprint density at radius 1 is 1.37 bits per heavy atom. The van der Waals surface area contributed by atoms with E-state index in [-0.39, 0.29) is 29.0 Å². The number of nitrogens with zero attached hydrogens (tertiary/aromatic N) is 2. The van der Waals surface area contributed by atoms with Crippen LogP contribution in [0.15, 0.2) is 18.2 Å². The smallest absolute Gasteiger partial charge is 0.407 e. The van der Waals surface area contributed by atoms with E-state index in [9.17, 15) is 20.0 Å². The fraction of sp³-hybridized carbons (Fsp3) is 0.550. The highest BCUT2D eigenvalue weighted by Crippen LogP contribution is 2.39. The summed E-state index contributed by atoms with van der Waals surface area (Å²) in [7, 11) is 0. The average Bonchev–Trinajstić information content (AvgIpc) is 2.54. The van der Waals surface area contributed by atoms with Gasteiger partial charge in [0.1, 0.15) is 0 Å². The number of benzene rings is 1. The Balaban J connectivity index is 2.56. The van der Waals surface area contributed by atoms with Gasteiger partial charge in [-0.3, -0.25) is 10.1 Å². The highest BCUT2D eigenvalue weighted by atomic mass is 16.6. The minimum atomic E-state index is -0.936. The van der Waals surface area contributed by atoms with Crippen LogP contribution in [0.3, 0.4) is 0 Å². The molecule has 7 nitrogen and oxygen atoms in total. The van der Waals surface area contributed by atoms with E-state index in [0.29, 0.717) is 13.0 Å². The second-order valence-corrected chi connectivity index (χ2v) is 8.29.